The predicted molar refractivity (Wildman–Crippen MR) is 94.6 cm³/mol. The third-order valence-corrected chi connectivity index (χ3v) is 4.76. The van der Waals surface area contributed by atoms with Crippen molar-refractivity contribution in [2.24, 2.45) is 0 Å². The Labute approximate surface area is 152 Å². The lowest BCUT2D eigenvalue weighted by molar-refractivity contribution is -0.354. The van der Waals surface area contributed by atoms with Gasteiger partial charge in [-0.3, -0.25) is 4.79 Å². The number of benzene rings is 2. The number of rotatable bonds is 5. The molecule has 1 heterocycles. The summed E-state index contributed by atoms with van der Waals surface area (Å²) in [6, 6.07) is 12.6. The Balaban J connectivity index is 2.38. The lowest BCUT2D eigenvalue weighted by Crippen LogP contribution is -2.66. The van der Waals surface area contributed by atoms with Crippen LogP contribution in [0.1, 0.15) is 21.5 Å². The van der Waals surface area contributed by atoms with E-state index in [1.54, 1.807) is 18.2 Å². The maximum Gasteiger partial charge on any atom is 0.306 e. The monoisotopic (exact) mass is 358 g/mol. The van der Waals surface area contributed by atoms with Crippen molar-refractivity contribution in [3.05, 3.63) is 59.2 Å². The Morgan fingerprint density at radius 1 is 0.885 bits per heavy atom. The van der Waals surface area contributed by atoms with Crippen molar-refractivity contribution in [3.63, 3.8) is 0 Å². The van der Waals surface area contributed by atoms with Crippen LogP contribution < -0.4 is 9.47 Å². The number of methoxy groups -OCH3 is 4. The topological polar surface area (TPSA) is 63.2 Å². The summed E-state index contributed by atoms with van der Waals surface area (Å²) < 4.78 is 28.7. The number of Topliss-reactive ketones (excluding diaryl/α,β-unsaturated/α-hetero) is 1. The number of carbonyl (C=O) groups excluding carboxylic acids is 1. The zero-order chi connectivity index (χ0) is 18.9. The molecular weight excluding hydrogens is 336 g/mol. The van der Waals surface area contributed by atoms with Crippen molar-refractivity contribution < 1.29 is 28.5 Å². The smallest absolute Gasteiger partial charge is 0.306 e. The van der Waals surface area contributed by atoms with E-state index < -0.39 is 17.4 Å². The van der Waals surface area contributed by atoms with Crippen LogP contribution in [0.25, 0.3) is 0 Å². The molecule has 6 heteroatoms. The minimum atomic E-state index is -1.85. The maximum atomic E-state index is 13.6. The van der Waals surface area contributed by atoms with Crippen molar-refractivity contribution in [1.82, 2.24) is 0 Å². The fourth-order valence-corrected chi connectivity index (χ4v) is 3.45. The van der Waals surface area contributed by atoms with Crippen LogP contribution >= 0.6 is 0 Å². The molecule has 138 valence electrons. The van der Waals surface area contributed by atoms with Gasteiger partial charge in [-0.05, 0) is 18.6 Å². The van der Waals surface area contributed by atoms with Crippen molar-refractivity contribution in [1.29, 1.82) is 0 Å². The third kappa shape index (κ3) is 2.26. The van der Waals surface area contributed by atoms with E-state index in [0.29, 0.717) is 17.1 Å². The fourth-order valence-electron chi connectivity index (χ4n) is 3.45. The van der Waals surface area contributed by atoms with Gasteiger partial charge in [0.2, 0.25) is 5.78 Å². The van der Waals surface area contributed by atoms with Crippen LogP contribution in [-0.2, 0) is 20.0 Å². The molecule has 0 spiro atoms. The molecule has 0 saturated heterocycles. The Morgan fingerprint density at radius 2 is 1.54 bits per heavy atom. The number of ketones is 1. The van der Waals surface area contributed by atoms with Gasteiger partial charge in [0.05, 0.1) is 7.11 Å². The molecule has 1 unspecified atom stereocenters. The van der Waals surface area contributed by atoms with Crippen molar-refractivity contribution >= 4 is 5.78 Å². The van der Waals surface area contributed by atoms with Crippen LogP contribution in [0.5, 0.6) is 11.5 Å². The SMILES string of the molecule is COc1ccc(C)c2c1C(=O)C(OC)(OC)C(OC)(c1ccccc1)O2. The number of aryl methyl sites for hydroxylation is 1. The first-order chi connectivity index (χ1) is 12.5. The van der Waals surface area contributed by atoms with Crippen LogP contribution in [0.2, 0.25) is 0 Å². The summed E-state index contributed by atoms with van der Waals surface area (Å²) in [6.07, 6.45) is 0. The first-order valence-corrected chi connectivity index (χ1v) is 8.13. The van der Waals surface area contributed by atoms with Crippen LogP contribution in [0.15, 0.2) is 42.5 Å². The molecule has 0 aromatic heterocycles. The number of hydrogen-bond acceptors (Lipinski definition) is 6. The lowest BCUT2D eigenvalue weighted by atomic mass is 9.85. The average molecular weight is 358 g/mol. The Hall–Kier alpha value is -2.41. The van der Waals surface area contributed by atoms with Gasteiger partial charge in [0.15, 0.2) is 0 Å². The standard InChI is InChI=1S/C20H22O6/c1-13-11-12-15(22-2)16-17(13)26-19(23-3,14-9-7-6-8-10-14)20(24-4,25-5)18(16)21/h6-12H,1-5H3. The highest BCUT2D eigenvalue weighted by atomic mass is 16.8. The van der Waals surface area contributed by atoms with Crippen LogP contribution in [0.3, 0.4) is 0 Å². The molecular formula is C20H22O6. The molecule has 2 aromatic rings. The van der Waals surface area contributed by atoms with Gasteiger partial charge in [0, 0.05) is 26.9 Å². The normalized spacial score (nSPS) is 21.0. The zero-order valence-corrected chi connectivity index (χ0v) is 15.5. The van der Waals surface area contributed by atoms with Crippen molar-refractivity contribution in [2.75, 3.05) is 28.4 Å². The second-order valence-corrected chi connectivity index (χ2v) is 5.93. The summed E-state index contributed by atoms with van der Waals surface area (Å²) in [5.74, 6) is -3.15. The molecule has 1 atom stereocenters. The number of hydrogen-bond donors (Lipinski definition) is 0. The molecule has 0 fully saturated rings. The maximum absolute atomic E-state index is 13.6. The largest absolute Gasteiger partial charge is 0.496 e. The Kier molecular flexibility index (Phi) is 4.75. The third-order valence-electron chi connectivity index (χ3n) is 4.76. The summed E-state index contributed by atoms with van der Waals surface area (Å²) in [6.45, 7) is 1.85. The first-order valence-electron chi connectivity index (χ1n) is 8.13. The second-order valence-electron chi connectivity index (χ2n) is 5.93. The molecule has 0 aliphatic carbocycles. The highest BCUT2D eigenvalue weighted by Crippen LogP contribution is 2.51. The molecule has 0 amide bonds. The summed E-state index contributed by atoms with van der Waals surface area (Å²) in [4.78, 5) is 13.6. The van der Waals surface area contributed by atoms with E-state index in [9.17, 15) is 4.79 Å². The van der Waals surface area contributed by atoms with E-state index in [4.69, 9.17) is 23.7 Å². The number of fused-ring (bicyclic) bond motifs is 1. The van der Waals surface area contributed by atoms with Gasteiger partial charge in [-0.1, -0.05) is 36.4 Å². The van der Waals surface area contributed by atoms with Crippen molar-refractivity contribution in [2.45, 2.75) is 18.5 Å². The van der Waals surface area contributed by atoms with Gasteiger partial charge in [-0.25, -0.2) is 0 Å². The molecule has 1 aliphatic rings. The Morgan fingerprint density at radius 3 is 2.08 bits per heavy atom. The molecule has 6 nitrogen and oxygen atoms in total. The second kappa shape index (κ2) is 6.72. The van der Waals surface area contributed by atoms with Crippen LogP contribution in [0, 0.1) is 6.92 Å². The summed E-state index contributed by atoms with van der Waals surface area (Å²) in [5.41, 5.74) is 1.62. The van der Waals surface area contributed by atoms with E-state index in [1.165, 1.54) is 28.4 Å². The van der Waals surface area contributed by atoms with Gasteiger partial charge >= 0.3 is 5.79 Å². The van der Waals surface area contributed by atoms with E-state index >= 15 is 0 Å². The molecule has 2 aromatic carbocycles. The predicted octanol–water partition coefficient (Wildman–Crippen LogP) is 3.07. The highest BCUT2D eigenvalue weighted by molar-refractivity contribution is 6.08. The molecule has 0 N–H and O–H groups in total. The van der Waals surface area contributed by atoms with Gasteiger partial charge in [0.1, 0.15) is 17.1 Å². The average Bonchev–Trinajstić information content (AvgIpc) is 2.69. The highest BCUT2D eigenvalue weighted by Gasteiger charge is 2.67. The minimum Gasteiger partial charge on any atom is -0.496 e. The van der Waals surface area contributed by atoms with Gasteiger partial charge < -0.3 is 23.7 Å². The lowest BCUT2D eigenvalue weighted by Gasteiger charge is -2.48. The summed E-state index contributed by atoms with van der Waals surface area (Å²) in [5, 5.41) is 0. The first kappa shape index (κ1) is 18.4. The molecule has 0 saturated carbocycles. The number of ether oxygens (including phenoxy) is 5. The molecule has 26 heavy (non-hydrogen) atoms. The van der Waals surface area contributed by atoms with Gasteiger partial charge in [0.25, 0.3) is 5.79 Å². The van der Waals surface area contributed by atoms with Gasteiger partial charge in [-0.15, -0.1) is 0 Å². The van der Waals surface area contributed by atoms with E-state index in [-0.39, 0.29) is 5.56 Å². The molecule has 3 rings (SSSR count). The van der Waals surface area contributed by atoms with Crippen LogP contribution in [0.4, 0.5) is 0 Å². The van der Waals surface area contributed by atoms with E-state index in [1.807, 2.05) is 31.2 Å². The zero-order valence-electron chi connectivity index (χ0n) is 15.5. The minimum absolute atomic E-state index is 0.264. The molecule has 0 bridgehead atoms. The van der Waals surface area contributed by atoms with Crippen molar-refractivity contribution in [3.8, 4) is 11.5 Å². The van der Waals surface area contributed by atoms with Crippen LogP contribution in [-0.4, -0.2) is 40.0 Å². The molecule has 0 radical (unpaired) electrons. The van der Waals surface area contributed by atoms with Gasteiger partial charge in [-0.2, -0.15) is 0 Å². The Bertz CT molecular complexity index is 813. The van der Waals surface area contributed by atoms with E-state index in [2.05, 4.69) is 0 Å². The van der Waals surface area contributed by atoms with E-state index in [0.717, 1.165) is 5.56 Å². The summed E-state index contributed by atoms with van der Waals surface area (Å²) >= 11 is 0. The fraction of sp³-hybridized carbons (Fsp3) is 0.350. The quantitative estimate of drug-likeness (QED) is 0.766. The summed E-state index contributed by atoms with van der Waals surface area (Å²) in [7, 11) is 5.71. The molecule has 1 aliphatic heterocycles. The number of carbonyl (C=O) groups is 1.